The Hall–Kier alpha value is -6.19. The average Bonchev–Trinajstić information content (AvgIpc) is 3.79. The third-order valence-corrected chi connectivity index (χ3v) is 5.86. The van der Waals surface area contributed by atoms with Crippen LogP contribution in [0.15, 0.2) is 74.8 Å². The van der Waals surface area contributed by atoms with E-state index in [1.165, 1.54) is 24.1 Å². The smallest absolute Gasteiger partial charge is 0.373 e. The number of furan rings is 1. The van der Waals surface area contributed by atoms with Gasteiger partial charge in [-0.2, -0.15) is 9.78 Å². The van der Waals surface area contributed by atoms with Gasteiger partial charge in [0, 0.05) is 0 Å². The van der Waals surface area contributed by atoms with Crippen molar-refractivity contribution >= 4 is 23.9 Å². The van der Waals surface area contributed by atoms with Gasteiger partial charge in [-0.05, 0) is 65.3 Å². The topological polar surface area (TPSA) is 204 Å². The molecule has 0 radical (unpaired) electrons. The highest BCUT2D eigenvalue weighted by Crippen LogP contribution is 2.29. The molecule has 3 aromatic heterocycles. The number of anilines is 1. The maximum atomic E-state index is 13.1. The normalized spacial score (nSPS) is 11.0. The minimum Gasteiger partial charge on any atom is -0.490 e. The van der Waals surface area contributed by atoms with E-state index in [4.69, 9.17) is 24.4 Å². The largest absolute Gasteiger partial charge is 0.490 e. The summed E-state index contributed by atoms with van der Waals surface area (Å²) in [4.78, 5) is 24.7. The lowest BCUT2D eigenvalue weighted by molar-refractivity contribution is 0.0560. The molecule has 5 rings (SSSR count). The molecule has 0 saturated heterocycles. The number of esters is 1. The van der Waals surface area contributed by atoms with Gasteiger partial charge >= 0.3 is 5.97 Å². The minimum atomic E-state index is -0.663. The quantitative estimate of drug-likeness (QED) is 0.113. The fourth-order valence-electron chi connectivity index (χ4n) is 3.81. The standard InChI is InChI=1S/C28H26N8O8/c1-3-40-23-13-17(9-11-21(23)42-15-19-10-12-22(43-19)28(38)39-2)14-30-32-27(37)24-20(16-41-18-7-5-4-6-8-18)36(35-31-24)26-25(29)33-44-34-26/h4-14H,3,15-16H2,1-2H3,(H2,29,33)(H,32,37). The summed E-state index contributed by atoms with van der Waals surface area (Å²) in [6.07, 6.45) is 1.42. The molecule has 44 heavy (non-hydrogen) atoms. The van der Waals surface area contributed by atoms with Crippen molar-refractivity contribution in [3.63, 3.8) is 0 Å². The monoisotopic (exact) mass is 602 g/mol. The first kappa shape index (κ1) is 29.3. The number of benzene rings is 2. The molecule has 0 spiro atoms. The average molecular weight is 603 g/mol. The van der Waals surface area contributed by atoms with Crippen molar-refractivity contribution in [3.8, 4) is 23.1 Å². The maximum Gasteiger partial charge on any atom is 0.373 e. The van der Waals surface area contributed by atoms with Crippen molar-refractivity contribution in [3.05, 3.63) is 89.1 Å². The number of hydrogen-bond acceptors (Lipinski definition) is 14. The van der Waals surface area contributed by atoms with Crippen LogP contribution in [0.2, 0.25) is 0 Å². The first-order chi connectivity index (χ1) is 21.5. The van der Waals surface area contributed by atoms with Gasteiger partial charge in [-0.25, -0.2) is 14.8 Å². The second kappa shape index (κ2) is 13.6. The number of rotatable bonds is 13. The van der Waals surface area contributed by atoms with Gasteiger partial charge in [0.1, 0.15) is 30.4 Å². The molecule has 16 heteroatoms. The molecule has 3 heterocycles. The molecule has 226 valence electrons. The van der Waals surface area contributed by atoms with Crippen molar-refractivity contribution in [2.45, 2.75) is 20.1 Å². The van der Waals surface area contributed by atoms with E-state index in [2.05, 4.69) is 40.5 Å². The molecule has 0 unspecified atom stereocenters. The summed E-state index contributed by atoms with van der Waals surface area (Å²) in [7, 11) is 1.27. The van der Waals surface area contributed by atoms with Crippen molar-refractivity contribution in [1.82, 2.24) is 30.7 Å². The summed E-state index contributed by atoms with van der Waals surface area (Å²) in [5.74, 6) is 0.682. The molecule has 0 aliphatic heterocycles. The molecule has 0 saturated carbocycles. The molecular formula is C28H26N8O8. The van der Waals surface area contributed by atoms with Gasteiger partial charge in [0.2, 0.25) is 17.4 Å². The molecule has 0 aliphatic carbocycles. The van der Waals surface area contributed by atoms with Crippen LogP contribution in [-0.2, 0) is 18.0 Å². The third-order valence-electron chi connectivity index (χ3n) is 5.86. The number of hydrogen-bond donors (Lipinski definition) is 2. The Balaban J connectivity index is 1.28. The second-order valence-corrected chi connectivity index (χ2v) is 8.76. The van der Waals surface area contributed by atoms with E-state index in [9.17, 15) is 9.59 Å². The fourth-order valence-corrected chi connectivity index (χ4v) is 3.81. The van der Waals surface area contributed by atoms with Crippen LogP contribution < -0.4 is 25.4 Å². The van der Waals surface area contributed by atoms with Gasteiger partial charge in [0.05, 0.1) is 19.9 Å². The van der Waals surface area contributed by atoms with Gasteiger partial charge < -0.3 is 29.1 Å². The van der Waals surface area contributed by atoms with E-state index in [-0.39, 0.29) is 42.0 Å². The number of amides is 1. The van der Waals surface area contributed by atoms with Crippen LogP contribution in [0.3, 0.4) is 0 Å². The lowest BCUT2D eigenvalue weighted by atomic mass is 10.2. The lowest BCUT2D eigenvalue weighted by Crippen LogP contribution is -2.21. The fraction of sp³-hybridized carbons (Fsp3) is 0.179. The number of nitrogens with zero attached hydrogens (tertiary/aromatic N) is 6. The van der Waals surface area contributed by atoms with Crippen molar-refractivity contribution in [2.75, 3.05) is 19.5 Å². The molecule has 16 nitrogen and oxygen atoms in total. The molecule has 1 amide bonds. The zero-order valence-electron chi connectivity index (χ0n) is 23.5. The van der Waals surface area contributed by atoms with Gasteiger partial charge in [0.25, 0.3) is 5.91 Å². The maximum absolute atomic E-state index is 13.1. The summed E-state index contributed by atoms with van der Waals surface area (Å²) in [5.41, 5.74) is 9.02. The Morgan fingerprint density at radius 2 is 1.86 bits per heavy atom. The molecular weight excluding hydrogens is 576 g/mol. The summed E-state index contributed by atoms with van der Waals surface area (Å²) >= 11 is 0. The number of aromatic nitrogens is 5. The molecule has 5 aromatic rings. The predicted molar refractivity (Wildman–Crippen MR) is 151 cm³/mol. The van der Waals surface area contributed by atoms with Crippen LogP contribution in [0.25, 0.3) is 5.82 Å². The molecule has 3 N–H and O–H groups in total. The second-order valence-electron chi connectivity index (χ2n) is 8.76. The Morgan fingerprint density at radius 3 is 2.61 bits per heavy atom. The highest BCUT2D eigenvalue weighted by atomic mass is 16.6. The van der Waals surface area contributed by atoms with Crippen LogP contribution >= 0.6 is 0 Å². The van der Waals surface area contributed by atoms with E-state index < -0.39 is 11.9 Å². The minimum absolute atomic E-state index is 0.0477. The van der Waals surface area contributed by atoms with E-state index in [0.29, 0.717) is 35.2 Å². The number of nitrogen functional groups attached to an aromatic ring is 1. The number of hydrazone groups is 1. The molecule has 2 aromatic carbocycles. The highest BCUT2D eigenvalue weighted by molar-refractivity contribution is 5.94. The van der Waals surface area contributed by atoms with Gasteiger partial charge in [-0.1, -0.05) is 23.4 Å². The third kappa shape index (κ3) is 6.81. The number of carbonyl (C=O) groups excluding carboxylic acids is 2. The zero-order chi connectivity index (χ0) is 30.9. The summed E-state index contributed by atoms with van der Waals surface area (Å²) < 4.78 is 33.3. The SMILES string of the molecule is CCOc1cc(C=NNC(=O)c2nnn(-c3nonc3N)c2COc2ccccc2)ccc1OCc1ccc(C(=O)OC)o1. The molecule has 0 bridgehead atoms. The van der Waals surface area contributed by atoms with Crippen molar-refractivity contribution in [1.29, 1.82) is 0 Å². The summed E-state index contributed by atoms with van der Waals surface area (Å²) in [5, 5.41) is 19.3. The number of nitrogens with one attached hydrogen (secondary N) is 1. The van der Waals surface area contributed by atoms with Gasteiger partial charge in [-0.15, -0.1) is 5.10 Å². The first-order valence-electron chi connectivity index (χ1n) is 13.1. The Bertz CT molecular complexity index is 1760. The van der Waals surface area contributed by atoms with Crippen LogP contribution in [-0.4, -0.2) is 57.1 Å². The van der Waals surface area contributed by atoms with Crippen molar-refractivity contribution in [2.24, 2.45) is 5.10 Å². The van der Waals surface area contributed by atoms with Gasteiger partial charge in [-0.3, -0.25) is 4.79 Å². The number of carbonyl (C=O) groups is 2. The van der Waals surface area contributed by atoms with Gasteiger partial charge in [0.15, 0.2) is 17.2 Å². The number of ether oxygens (including phenoxy) is 4. The Kier molecular flexibility index (Phi) is 9.09. The molecule has 0 fully saturated rings. The van der Waals surface area contributed by atoms with Crippen LogP contribution in [0, 0.1) is 0 Å². The van der Waals surface area contributed by atoms with E-state index in [1.54, 1.807) is 36.4 Å². The zero-order valence-corrected chi connectivity index (χ0v) is 23.5. The summed E-state index contributed by atoms with van der Waals surface area (Å²) in [6, 6.07) is 17.2. The predicted octanol–water partition coefficient (Wildman–Crippen LogP) is 2.93. The molecule has 0 atom stereocenters. The Labute approximate surface area is 249 Å². The first-order valence-corrected chi connectivity index (χ1v) is 13.1. The van der Waals surface area contributed by atoms with Crippen LogP contribution in [0.4, 0.5) is 5.82 Å². The van der Waals surface area contributed by atoms with E-state index in [1.807, 2.05) is 25.1 Å². The number of nitrogens with two attached hydrogens (primary N) is 1. The van der Waals surface area contributed by atoms with E-state index in [0.717, 1.165) is 0 Å². The molecule has 0 aliphatic rings. The number of para-hydroxylation sites is 1. The van der Waals surface area contributed by atoms with Crippen LogP contribution in [0.5, 0.6) is 17.2 Å². The summed E-state index contributed by atoms with van der Waals surface area (Å²) in [6.45, 7) is 2.15. The number of methoxy groups -OCH3 is 1. The lowest BCUT2D eigenvalue weighted by Gasteiger charge is -2.11. The van der Waals surface area contributed by atoms with Crippen molar-refractivity contribution < 1.29 is 37.6 Å². The van der Waals surface area contributed by atoms with E-state index >= 15 is 0 Å². The van der Waals surface area contributed by atoms with Crippen LogP contribution in [0.1, 0.15) is 45.0 Å². The Morgan fingerprint density at radius 1 is 1.02 bits per heavy atom. The highest BCUT2D eigenvalue weighted by Gasteiger charge is 2.24.